The molecule has 3 aromatic heterocycles. The number of benzene rings is 1. The SMILES string of the molecule is CC(C)N1CC2CC1CN2c1nc(-c2ccnc(N3CCc4ccccc4C3)c2)cc2nccn12. The largest absolute Gasteiger partial charge is 0.352 e. The smallest absolute Gasteiger partial charge is 0.212 e. The minimum atomic E-state index is 0.511. The number of rotatable bonds is 4. The van der Waals surface area contributed by atoms with Crippen molar-refractivity contribution in [1.82, 2.24) is 24.3 Å². The first-order chi connectivity index (χ1) is 17.1. The zero-order valence-corrected chi connectivity index (χ0v) is 20.4. The van der Waals surface area contributed by atoms with Gasteiger partial charge in [-0.25, -0.2) is 15.0 Å². The summed E-state index contributed by atoms with van der Waals surface area (Å²) in [6, 6.07) is 16.8. The van der Waals surface area contributed by atoms with Gasteiger partial charge in [0.05, 0.1) is 5.69 Å². The highest BCUT2D eigenvalue weighted by atomic mass is 15.4. The second-order valence-corrected chi connectivity index (χ2v) is 10.4. The van der Waals surface area contributed by atoms with E-state index in [-0.39, 0.29) is 0 Å². The molecule has 1 aromatic carbocycles. The lowest BCUT2D eigenvalue weighted by atomic mass is 10.00. The molecule has 178 valence electrons. The van der Waals surface area contributed by atoms with E-state index in [1.807, 2.05) is 18.6 Å². The number of piperazine rings is 1. The molecule has 7 nitrogen and oxygen atoms in total. The van der Waals surface area contributed by atoms with Crippen molar-refractivity contribution in [3.8, 4) is 11.3 Å². The Labute approximate surface area is 206 Å². The number of likely N-dealkylation sites (tertiary alicyclic amines) is 1. The first kappa shape index (κ1) is 20.9. The fraction of sp³-hybridized carbons (Fsp3) is 0.393. The van der Waals surface area contributed by atoms with Crippen LogP contribution in [0.1, 0.15) is 31.4 Å². The predicted octanol–water partition coefficient (Wildman–Crippen LogP) is 4.03. The van der Waals surface area contributed by atoms with Crippen molar-refractivity contribution >= 4 is 17.4 Å². The van der Waals surface area contributed by atoms with Gasteiger partial charge in [0.15, 0.2) is 0 Å². The molecule has 4 aromatic rings. The molecule has 7 rings (SSSR count). The molecule has 2 saturated heterocycles. The van der Waals surface area contributed by atoms with Crippen LogP contribution in [0.3, 0.4) is 0 Å². The van der Waals surface area contributed by atoms with Gasteiger partial charge in [-0.2, -0.15) is 0 Å². The standard InChI is InChI=1S/C28H31N7/c1-19(2)34-17-24-14-23(34)18-35(24)28-31-25(15-27-30-10-12-33(27)28)21-7-9-29-26(13-21)32-11-8-20-5-3-4-6-22(20)16-32/h3-7,9-10,12-13,15,19,23-24H,8,11,14,16-18H2,1-2H3. The van der Waals surface area contributed by atoms with Gasteiger partial charge < -0.3 is 9.80 Å². The average molecular weight is 466 g/mol. The molecule has 0 aliphatic carbocycles. The van der Waals surface area contributed by atoms with Crippen molar-refractivity contribution in [3.05, 3.63) is 72.2 Å². The summed E-state index contributed by atoms with van der Waals surface area (Å²) in [4.78, 5) is 22.1. The minimum Gasteiger partial charge on any atom is -0.352 e. The Morgan fingerprint density at radius 3 is 2.66 bits per heavy atom. The maximum atomic E-state index is 5.22. The van der Waals surface area contributed by atoms with Crippen LogP contribution in [0, 0.1) is 0 Å². The molecule has 2 fully saturated rings. The number of anilines is 2. The zero-order valence-electron chi connectivity index (χ0n) is 20.4. The molecule has 0 radical (unpaired) electrons. The molecule has 3 aliphatic rings. The number of hydrogen-bond acceptors (Lipinski definition) is 6. The molecule has 35 heavy (non-hydrogen) atoms. The lowest BCUT2D eigenvalue weighted by molar-refractivity contribution is 0.190. The van der Waals surface area contributed by atoms with Crippen molar-refractivity contribution in [1.29, 1.82) is 0 Å². The monoisotopic (exact) mass is 465 g/mol. The average Bonchev–Trinajstić information content (AvgIpc) is 3.64. The van der Waals surface area contributed by atoms with Crippen molar-refractivity contribution < 1.29 is 0 Å². The number of aromatic nitrogens is 4. The van der Waals surface area contributed by atoms with Crippen LogP contribution in [0.5, 0.6) is 0 Å². The normalized spacial score (nSPS) is 21.9. The number of fused-ring (bicyclic) bond motifs is 4. The number of imidazole rings is 1. The van der Waals surface area contributed by atoms with E-state index in [1.54, 1.807) is 0 Å². The van der Waals surface area contributed by atoms with Crippen LogP contribution in [-0.2, 0) is 13.0 Å². The summed E-state index contributed by atoms with van der Waals surface area (Å²) in [5, 5.41) is 0. The van der Waals surface area contributed by atoms with Gasteiger partial charge in [0.1, 0.15) is 11.5 Å². The Balaban J connectivity index is 1.22. The van der Waals surface area contributed by atoms with Gasteiger partial charge in [-0.1, -0.05) is 24.3 Å². The predicted molar refractivity (Wildman–Crippen MR) is 139 cm³/mol. The van der Waals surface area contributed by atoms with Gasteiger partial charge >= 0.3 is 0 Å². The Morgan fingerprint density at radius 1 is 0.943 bits per heavy atom. The Morgan fingerprint density at radius 2 is 1.83 bits per heavy atom. The van der Waals surface area contributed by atoms with E-state index < -0.39 is 0 Å². The van der Waals surface area contributed by atoms with Crippen LogP contribution in [0.15, 0.2) is 61.1 Å². The van der Waals surface area contributed by atoms with Crippen molar-refractivity contribution in [2.75, 3.05) is 29.4 Å². The third-order valence-corrected chi connectivity index (χ3v) is 8.07. The van der Waals surface area contributed by atoms with Crippen molar-refractivity contribution in [3.63, 3.8) is 0 Å². The van der Waals surface area contributed by atoms with E-state index in [2.05, 4.69) is 80.4 Å². The molecule has 2 atom stereocenters. The lowest BCUT2D eigenvalue weighted by Crippen LogP contribution is -2.49. The summed E-state index contributed by atoms with van der Waals surface area (Å²) in [5.74, 6) is 2.02. The lowest BCUT2D eigenvalue weighted by Gasteiger charge is -2.37. The highest BCUT2D eigenvalue weighted by Crippen LogP contribution is 2.36. The molecule has 0 N–H and O–H groups in total. The van der Waals surface area contributed by atoms with Crippen LogP contribution in [0.4, 0.5) is 11.8 Å². The molecule has 2 unspecified atom stereocenters. The molecule has 7 heteroatoms. The maximum absolute atomic E-state index is 5.22. The second-order valence-electron chi connectivity index (χ2n) is 10.4. The van der Waals surface area contributed by atoms with E-state index in [9.17, 15) is 0 Å². The van der Waals surface area contributed by atoms with E-state index in [0.717, 1.165) is 61.3 Å². The fourth-order valence-electron chi connectivity index (χ4n) is 6.27. The number of nitrogens with zero attached hydrogens (tertiary/aromatic N) is 7. The van der Waals surface area contributed by atoms with E-state index in [4.69, 9.17) is 9.97 Å². The minimum absolute atomic E-state index is 0.511. The Bertz CT molecular complexity index is 1390. The summed E-state index contributed by atoms with van der Waals surface area (Å²) in [5.41, 5.74) is 5.84. The van der Waals surface area contributed by atoms with Gasteiger partial charge in [0, 0.05) is 74.5 Å². The zero-order chi connectivity index (χ0) is 23.5. The molecule has 0 saturated carbocycles. The Kier molecular flexibility index (Phi) is 4.81. The van der Waals surface area contributed by atoms with Gasteiger partial charge in [-0.15, -0.1) is 0 Å². The van der Waals surface area contributed by atoms with Crippen LogP contribution >= 0.6 is 0 Å². The highest BCUT2D eigenvalue weighted by molar-refractivity contribution is 5.69. The van der Waals surface area contributed by atoms with Crippen LogP contribution in [-0.4, -0.2) is 62.0 Å². The molecular formula is C28H31N7. The van der Waals surface area contributed by atoms with Crippen molar-refractivity contribution in [2.45, 2.75) is 51.4 Å². The van der Waals surface area contributed by atoms with Gasteiger partial charge in [0.2, 0.25) is 5.95 Å². The van der Waals surface area contributed by atoms with Crippen LogP contribution in [0.2, 0.25) is 0 Å². The van der Waals surface area contributed by atoms with Gasteiger partial charge in [-0.3, -0.25) is 9.30 Å². The summed E-state index contributed by atoms with van der Waals surface area (Å²) in [7, 11) is 0. The van der Waals surface area contributed by atoms with Gasteiger partial charge in [-0.05, 0) is 49.9 Å². The van der Waals surface area contributed by atoms with Gasteiger partial charge in [0.25, 0.3) is 0 Å². The molecule has 6 heterocycles. The number of pyridine rings is 1. The Hall–Kier alpha value is -3.45. The summed E-state index contributed by atoms with van der Waals surface area (Å²) < 4.78 is 2.15. The quantitative estimate of drug-likeness (QED) is 0.454. The third-order valence-electron chi connectivity index (χ3n) is 8.07. The van der Waals surface area contributed by atoms with E-state index in [1.165, 1.54) is 17.5 Å². The fourth-order valence-corrected chi connectivity index (χ4v) is 6.27. The first-order valence-corrected chi connectivity index (χ1v) is 12.8. The van der Waals surface area contributed by atoms with Crippen molar-refractivity contribution in [2.24, 2.45) is 0 Å². The van der Waals surface area contributed by atoms with E-state index in [0.29, 0.717) is 18.1 Å². The van der Waals surface area contributed by atoms with Crippen LogP contribution < -0.4 is 9.80 Å². The maximum Gasteiger partial charge on any atom is 0.212 e. The molecular weight excluding hydrogens is 434 g/mol. The number of hydrogen-bond donors (Lipinski definition) is 0. The summed E-state index contributed by atoms with van der Waals surface area (Å²) >= 11 is 0. The molecule has 2 bridgehead atoms. The highest BCUT2D eigenvalue weighted by Gasteiger charge is 2.45. The topological polar surface area (TPSA) is 52.8 Å². The molecule has 0 amide bonds. The van der Waals surface area contributed by atoms with E-state index >= 15 is 0 Å². The second kappa shape index (κ2) is 8.05. The summed E-state index contributed by atoms with van der Waals surface area (Å²) in [6.45, 7) is 8.63. The van der Waals surface area contributed by atoms with Crippen LogP contribution in [0.25, 0.3) is 16.9 Å². The first-order valence-electron chi connectivity index (χ1n) is 12.8. The molecule has 3 aliphatic heterocycles. The molecule has 0 spiro atoms. The third kappa shape index (κ3) is 3.48. The summed E-state index contributed by atoms with van der Waals surface area (Å²) in [6.07, 6.45) is 8.10.